The molecule has 0 amide bonds. The summed E-state index contributed by atoms with van der Waals surface area (Å²) in [5.41, 5.74) is 2.17. The molecule has 0 fully saturated rings. The molecule has 0 N–H and O–H groups in total. The van der Waals surface area contributed by atoms with Gasteiger partial charge in [0.1, 0.15) is 0 Å². The molecule has 0 saturated heterocycles. The Morgan fingerprint density at radius 3 is 2.27 bits per heavy atom. The van der Waals surface area contributed by atoms with Gasteiger partial charge in [-0.3, -0.25) is 10.1 Å². The zero-order chi connectivity index (χ0) is 10.8. The number of nitrogens with zero attached hydrogens (tertiary/aromatic N) is 2. The second-order valence-corrected chi connectivity index (χ2v) is 3.37. The molecule has 2 rings (SSSR count). The topological polar surface area (TPSA) is 48.1 Å². The predicted octanol–water partition coefficient (Wildman–Crippen LogP) is 2.60. The van der Waals surface area contributed by atoms with E-state index in [1.165, 1.54) is 12.1 Å². The first kappa shape index (κ1) is 9.45. The maximum Gasteiger partial charge on any atom is 0.269 e. The summed E-state index contributed by atoms with van der Waals surface area (Å²) in [7, 11) is 1.94. The monoisotopic (exact) mass is 202 g/mol. The van der Waals surface area contributed by atoms with E-state index < -0.39 is 4.92 Å². The Kier molecular flexibility index (Phi) is 2.25. The van der Waals surface area contributed by atoms with Gasteiger partial charge in [-0.1, -0.05) is 0 Å². The molecule has 0 radical (unpaired) electrons. The highest BCUT2D eigenvalue weighted by atomic mass is 16.6. The summed E-state index contributed by atoms with van der Waals surface area (Å²) < 4.78 is 1.94. The maximum absolute atomic E-state index is 10.5. The molecule has 0 unspecified atom stereocenters. The van der Waals surface area contributed by atoms with Crippen LogP contribution in [0.25, 0.3) is 11.1 Å². The van der Waals surface area contributed by atoms with Gasteiger partial charge in [0.15, 0.2) is 0 Å². The lowest BCUT2D eigenvalue weighted by Crippen LogP contribution is -1.86. The van der Waals surface area contributed by atoms with Crippen LogP contribution in [0.3, 0.4) is 0 Å². The summed E-state index contributed by atoms with van der Waals surface area (Å²) in [5.74, 6) is 0. The van der Waals surface area contributed by atoms with Crippen molar-refractivity contribution in [2.75, 3.05) is 0 Å². The van der Waals surface area contributed by atoms with Crippen LogP contribution in [0.15, 0.2) is 42.7 Å². The van der Waals surface area contributed by atoms with Gasteiger partial charge in [0, 0.05) is 31.6 Å². The predicted molar refractivity (Wildman–Crippen MR) is 57.5 cm³/mol. The van der Waals surface area contributed by atoms with E-state index in [0.29, 0.717) is 0 Å². The minimum Gasteiger partial charge on any atom is -0.357 e. The SMILES string of the molecule is Cn1ccc(-c2ccc([N+](=O)[O-])cc2)c1. The van der Waals surface area contributed by atoms with E-state index in [2.05, 4.69) is 0 Å². The molecule has 4 nitrogen and oxygen atoms in total. The molecule has 1 aromatic heterocycles. The number of rotatable bonds is 2. The third kappa shape index (κ3) is 1.88. The van der Waals surface area contributed by atoms with Crippen LogP contribution in [-0.2, 0) is 7.05 Å². The summed E-state index contributed by atoms with van der Waals surface area (Å²) in [6.07, 6.45) is 3.91. The zero-order valence-corrected chi connectivity index (χ0v) is 8.25. The number of benzene rings is 1. The van der Waals surface area contributed by atoms with Crippen LogP contribution in [0, 0.1) is 10.1 Å². The van der Waals surface area contributed by atoms with Crippen molar-refractivity contribution in [1.82, 2.24) is 4.57 Å². The lowest BCUT2D eigenvalue weighted by atomic mass is 10.1. The summed E-state index contributed by atoms with van der Waals surface area (Å²) in [4.78, 5) is 10.1. The smallest absolute Gasteiger partial charge is 0.269 e. The normalized spacial score (nSPS) is 10.2. The lowest BCUT2D eigenvalue weighted by molar-refractivity contribution is -0.384. The molecule has 1 aromatic carbocycles. The number of aryl methyl sites for hydroxylation is 1. The molecule has 1 heterocycles. The Bertz CT molecular complexity index is 486. The van der Waals surface area contributed by atoms with Crippen molar-refractivity contribution < 1.29 is 4.92 Å². The Morgan fingerprint density at radius 2 is 1.80 bits per heavy atom. The van der Waals surface area contributed by atoms with E-state index >= 15 is 0 Å². The molecule has 0 atom stereocenters. The van der Waals surface area contributed by atoms with E-state index in [4.69, 9.17) is 0 Å². The van der Waals surface area contributed by atoms with Crippen molar-refractivity contribution >= 4 is 5.69 Å². The summed E-state index contributed by atoms with van der Waals surface area (Å²) >= 11 is 0. The fraction of sp³-hybridized carbons (Fsp3) is 0.0909. The van der Waals surface area contributed by atoms with Crippen LogP contribution in [0.4, 0.5) is 5.69 Å². The van der Waals surface area contributed by atoms with Crippen molar-refractivity contribution in [2.24, 2.45) is 7.05 Å². The molecule has 0 aliphatic carbocycles. The van der Waals surface area contributed by atoms with Crippen LogP contribution >= 0.6 is 0 Å². The fourth-order valence-corrected chi connectivity index (χ4v) is 1.45. The highest BCUT2D eigenvalue weighted by Gasteiger charge is 2.05. The number of nitro benzene ring substituents is 1. The van der Waals surface area contributed by atoms with Crippen molar-refractivity contribution in [3.8, 4) is 11.1 Å². The third-order valence-corrected chi connectivity index (χ3v) is 2.24. The van der Waals surface area contributed by atoms with Crippen molar-refractivity contribution in [3.63, 3.8) is 0 Å². The molecular formula is C11H10N2O2. The molecule has 2 aromatic rings. The van der Waals surface area contributed by atoms with E-state index in [-0.39, 0.29) is 5.69 Å². The van der Waals surface area contributed by atoms with Gasteiger partial charge < -0.3 is 4.57 Å². The second kappa shape index (κ2) is 3.57. The molecule has 0 spiro atoms. The number of non-ortho nitro benzene ring substituents is 1. The third-order valence-electron chi connectivity index (χ3n) is 2.24. The first-order chi connectivity index (χ1) is 7.16. The van der Waals surface area contributed by atoms with Gasteiger partial charge in [-0.25, -0.2) is 0 Å². The molecule has 15 heavy (non-hydrogen) atoms. The molecule has 76 valence electrons. The van der Waals surface area contributed by atoms with Gasteiger partial charge in [-0.05, 0) is 29.3 Å². The van der Waals surface area contributed by atoms with Gasteiger partial charge in [0.05, 0.1) is 4.92 Å². The zero-order valence-electron chi connectivity index (χ0n) is 8.25. The largest absolute Gasteiger partial charge is 0.357 e. The molecule has 0 aliphatic heterocycles. The molecule has 0 saturated carbocycles. The molecule has 0 aliphatic rings. The highest BCUT2D eigenvalue weighted by molar-refractivity contribution is 5.64. The average molecular weight is 202 g/mol. The number of hydrogen-bond donors (Lipinski definition) is 0. The van der Waals surface area contributed by atoms with Crippen LogP contribution in [0.2, 0.25) is 0 Å². The first-order valence-corrected chi connectivity index (χ1v) is 4.53. The lowest BCUT2D eigenvalue weighted by Gasteiger charge is -1.96. The average Bonchev–Trinajstić information content (AvgIpc) is 2.65. The van der Waals surface area contributed by atoms with E-state index in [1.807, 2.05) is 30.1 Å². The quantitative estimate of drug-likeness (QED) is 0.555. The summed E-state index contributed by atoms with van der Waals surface area (Å²) in [6, 6.07) is 8.52. The Morgan fingerprint density at radius 1 is 1.13 bits per heavy atom. The van der Waals surface area contributed by atoms with Gasteiger partial charge in [-0.2, -0.15) is 0 Å². The van der Waals surface area contributed by atoms with Crippen LogP contribution in [0.1, 0.15) is 0 Å². The Hall–Kier alpha value is -2.10. The summed E-state index contributed by atoms with van der Waals surface area (Å²) in [5, 5.41) is 10.5. The van der Waals surface area contributed by atoms with Crippen LogP contribution < -0.4 is 0 Å². The van der Waals surface area contributed by atoms with E-state index in [1.54, 1.807) is 12.1 Å². The van der Waals surface area contributed by atoms with Gasteiger partial charge in [0.2, 0.25) is 0 Å². The second-order valence-electron chi connectivity index (χ2n) is 3.37. The minimum absolute atomic E-state index is 0.120. The highest BCUT2D eigenvalue weighted by Crippen LogP contribution is 2.22. The Balaban J connectivity index is 2.35. The maximum atomic E-state index is 10.5. The van der Waals surface area contributed by atoms with Crippen molar-refractivity contribution in [3.05, 3.63) is 52.8 Å². The number of hydrogen-bond acceptors (Lipinski definition) is 2. The minimum atomic E-state index is -0.394. The number of aromatic nitrogens is 1. The van der Waals surface area contributed by atoms with Gasteiger partial charge in [-0.15, -0.1) is 0 Å². The number of nitro groups is 1. The standard InChI is InChI=1S/C11H10N2O2/c1-12-7-6-10(8-12)9-2-4-11(5-3-9)13(14)15/h2-8H,1H3. The molecular weight excluding hydrogens is 192 g/mol. The van der Waals surface area contributed by atoms with Crippen LogP contribution in [0.5, 0.6) is 0 Å². The Labute approximate surface area is 86.9 Å². The van der Waals surface area contributed by atoms with E-state index in [9.17, 15) is 10.1 Å². The fourth-order valence-electron chi connectivity index (χ4n) is 1.45. The van der Waals surface area contributed by atoms with Gasteiger partial charge in [0.25, 0.3) is 5.69 Å². The van der Waals surface area contributed by atoms with Gasteiger partial charge >= 0.3 is 0 Å². The van der Waals surface area contributed by atoms with Crippen LogP contribution in [-0.4, -0.2) is 9.49 Å². The van der Waals surface area contributed by atoms with Crippen molar-refractivity contribution in [1.29, 1.82) is 0 Å². The molecule has 0 bridgehead atoms. The summed E-state index contributed by atoms with van der Waals surface area (Å²) in [6.45, 7) is 0. The van der Waals surface area contributed by atoms with E-state index in [0.717, 1.165) is 11.1 Å². The molecule has 4 heteroatoms. The first-order valence-electron chi connectivity index (χ1n) is 4.53. The van der Waals surface area contributed by atoms with Crippen molar-refractivity contribution in [2.45, 2.75) is 0 Å².